The fourth-order valence-electron chi connectivity index (χ4n) is 2.87. The first kappa shape index (κ1) is 12.4. The molecular weight excluding hydrogens is 246 g/mol. The summed E-state index contributed by atoms with van der Waals surface area (Å²) in [5.41, 5.74) is 7.80. The second-order valence-electron chi connectivity index (χ2n) is 6.06. The summed E-state index contributed by atoms with van der Waals surface area (Å²) >= 11 is 1.78. The number of anilines is 1. The van der Waals surface area contributed by atoms with E-state index in [0.29, 0.717) is 0 Å². The van der Waals surface area contributed by atoms with Crippen LogP contribution in [0.4, 0.5) is 5.13 Å². The van der Waals surface area contributed by atoms with Crippen molar-refractivity contribution < 1.29 is 4.74 Å². The van der Waals surface area contributed by atoms with E-state index in [2.05, 4.69) is 18.7 Å². The topological polar surface area (TPSA) is 51.4 Å². The van der Waals surface area contributed by atoms with Gasteiger partial charge in [0.1, 0.15) is 0 Å². The number of morpholine rings is 1. The molecule has 0 radical (unpaired) electrons. The lowest BCUT2D eigenvalue weighted by molar-refractivity contribution is 0.122. The molecule has 1 atom stereocenters. The number of hydrogen-bond acceptors (Lipinski definition) is 5. The Hall–Kier alpha value is -0.650. The summed E-state index contributed by atoms with van der Waals surface area (Å²) in [7, 11) is 0. The van der Waals surface area contributed by atoms with Crippen molar-refractivity contribution in [3.05, 3.63) is 10.6 Å². The lowest BCUT2D eigenvalue weighted by Gasteiger charge is -2.32. The smallest absolute Gasteiger partial charge is 0.185 e. The molecule has 0 bridgehead atoms. The largest absolute Gasteiger partial charge is 0.378 e. The summed E-state index contributed by atoms with van der Waals surface area (Å²) in [5.74, 6) is 0. The van der Waals surface area contributed by atoms with Crippen LogP contribution >= 0.6 is 11.3 Å². The van der Waals surface area contributed by atoms with E-state index in [1.54, 1.807) is 11.3 Å². The van der Waals surface area contributed by atoms with Gasteiger partial charge >= 0.3 is 0 Å². The Morgan fingerprint density at radius 1 is 1.39 bits per heavy atom. The van der Waals surface area contributed by atoms with Crippen molar-refractivity contribution in [3.8, 4) is 0 Å². The molecule has 2 heterocycles. The minimum Gasteiger partial charge on any atom is -0.378 e. The van der Waals surface area contributed by atoms with Crippen LogP contribution in [0.15, 0.2) is 0 Å². The molecule has 18 heavy (non-hydrogen) atoms. The summed E-state index contributed by atoms with van der Waals surface area (Å²) < 4.78 is 5.39. The first-order valence-corrected chi connectivity index (χ1v) is 7.45. The number of hydrogen-bond donors (Lipinski definition) is 1. The Morgan fingerprint density at radius 3 is 2.83 bits per heavy atom. The van der Waals surface area contributed by atoms with Crippen LogP contribution in [-0.2, 0) is 11.2 Å². The predicted octanol–water partition coefficient (Wildman–Crippen LogP) is 1.95. The Bertz CT molecular complexity index is 437. The fourth-order valence-corrected chi connectivity index (χ4v) is 4.00. The van der Waals surface area contributed by atoms with Gasteiger partial charge in [-0.15, -0.1) is 0 Å². The molecule has 1 aromatic rings. The molecule has 1 unspecified atom stereocenters. The molecule has 5 heteroatoms. The van der Waals surface area contributed by atoms with Gasteiger partial charge < -0.3 is 15.4 Å². The zero-order valence-corrected chi connectivity index (χ0v) is 11.9. The number of ether oxygens (including phenoxy) is 1. The van der Waals surface area contributed by atoms with Gasteiger partial charge in [0.2, 0.25) is 0 Å². The number of nitrogens with two attached hydrogens (primary N) is 1. The number of fused-ring (bicyclic) bond motifs is 1. The normalized spacial score (nSPS) is 27.1. The van der Waals surface area contributed by atoms with E-state index < -0.39 is 0 Å². The van der Waals surface area contributed by atoms with Gasteiger partial charge in [0.25, 0.3) is 0 Å². The van der Waals surface area contributed by atoms with Crippen LogP contribution in [-0.4, -0.2) is 31.3 Å². The van der Waals surface area contributed by atoms with Gasteiger partial charge in [0, 0.05) is 24.0 Å². The van der Waals surface area contributed by atoms with Gasteiger partial charge in [-0.2, -0.15) is 0 Å². The quantitative estimate of drug-likeness (QED) is 0.845. The van der Waals surface area contributed by atoms with Crippen molar-refractivity contribution in [1.29, 1.82) is 0 Å². The minimum atomic E-state index is 0.163. The second-order valence-corrected chi connectivity index (χ2v) is 7.07. The van der Waals surface area contributed by atoms with Crippen LogP contribution < -0.4 is 10.6 Å². The maximum Gasteiger partial charge on any atom is 0.185 e. The molecule has 0 amide bonds. The van der Waals surface area contributed by atoms with Crippen molar-refractivity contribution in [2.75, 3.05) is 31.2 Å². The molecule has 2 aliphatic rings. The van der Waals surface area contributed by atoms with Crippen molar-refractivity contribution in [3.63, 3.8) is 0 Å². The molecule has 1 aliphatic carbocycles. The predicted molar refractivity (Wildman–Crippen MR) is 74.2 cm³/mol. The highest BCUT2D eigenvalue weighted by Crippen LogP contribution is 2.43. The van der Waals surface area contributed by atoms with E-state index in [4.69, 9.17) is 15.5 Å². The molecule has 1 saturated heterocycles. The summed E-state index contributed by atoms with van der Waals surface area (Å²) in [6, 6.07) is 0.163. The average molecular weight is 267 g/mol. The highest BCUT2D eigenvalue weighted by Gasteiger charge is 2.34. The van der Waals surface area contributed by atoms with Gasteiger partial charge in [-0.25, -0.2) is 4.98 Å². The van der Waals surface area contributed by atoms with Gasteiger partial charge in [0.05, 0.1) is 18.9 Å². The summed E-state index contributed by atoms with van der Waals surface area (Å²) in [4.78, 5) is 8.46. The zero-order valence-electron chi connectivity index (χ0n) is 11.1. The molecular formula is C13H21N3OS. The molecule has 100 valence electrons. The molecule has 0 spiro atoms. The maximum absolute atomic E-state index is 6.29. The molecule has 1 aromatic heterocycles. The lowest BCUT2D eigenvalue weighted by atomic mass is 9.77. The summed E-state index contributed by atoms with van der Waals surface area (Å²) in [6.45, 7) is 8.08. The third-order valence-electron chi connectivity index (χ3n) is 3.75. The first-order chi connectivity index (χ1) is 8.55. The number of rotatable bonds is 1. The molecule has 1 fully saturated rings. The SMILES string of the molecule is CC1(C)Cc2nc(N3CCOCC3)sc2C(N)C1. The van der Waals surface area contributed by atoms with Crippen LogP contribution in [0.1, 0.15) is 36.9 Å². The van der Waals surface area contributed by atoms with Crippen LogP contribution in [0.2, 0.25) is 0 Å². The first-order valence-electron chi connectivity index (χ1n) is 6.63. The van der Waals surface area contributed by atoms with E-state index >= 15 is 0 Å². The van der Waals surface area contributed by atoms with Crippen LogP contribution in [0.5, 0.6) is 0 Å². The third kappa shape index (κ3) is 2.27. The standard InChI is InChI=1S/C13H21N3OS/c1-13(2)7-9(14)11-10(8-13)15-12(18-11)16-3-5-17-6-4-16/h9H,3-8,14H2,1-2H3. The van der Waals surface area contributed by atoms with Gasteiger partial charge in [-0.3, -0.25) is 0 Å². The average Bonchev–Trinajstić information content (AvgIpc) is 2.72. The molecule has 3 rings (SSSR count). The zero-order chi connectivity index (χ0) is 12.8. The van der Waals surface area contributed by atoms with Crippen molar-refractivity contribution in [2.45, 2.75) is 32.7 Å². The maximum atomic E-state index is 6.29. The summed E-state index contributed by atoms with van der Waals surface area (Å²) in [6.07, 6.45) is 2.11. The van der Waals surface area contributed by atoms with E-state index in [1.807, 2.05) is 0 Å². The van der Waals surface area contributed by atoms with E-state index in [0.717, 1.165) is 44.3 Å². The number of nitrogens with zero attached hydrogens (tertiary/aromatic N) is 2. The van der Waals surface area contributed by atoms with Crippen molar-refractivity contribution >= 4 is 16.5 Å². The molecule has 4 nitrogen and oxygen atoms in total. The fraction of sp³-hybridized carbons (Fsp3) is 0.769. The van der Waals surface area contributed by atoms with E-state index in [-0.39, 0.29) is 11.5 Å². The highest BCUT2D eigenvalue weighted by atomic mass is 32.1. The number of thiazole rings is 1. The van der Waals surface area contributed by atoms with Crippen LogP contribution in [0.3, 0.4) is 0 Å². The highest BCUT2D eigenvalue weighted by molar-refractivity contribution is 7.15. The Morgan fingerprint density at radius 2 is 2.11 bits per heavy atom. The minimum absolute atomic E-state index is 0.163. The third-order valence-corrected chi connectivity index (χ3v) is 5.04. The van der Waals surface area contributed by atoms with E-state index in [1.165, 1.54) is 10.6 Å². The van der Waals surface area contributed by atoms with Crippen LogP contribution in [0, 0.1) is 5.41 Å². The number of aromatic nitrogens is 1. The van der Waals surface area contributed by atoms with E-state index in [9.17, 15) is 0 Å². The monoisotopic (exact) mass is 267 g/mol. The van der Waals surface area contributed by atoms with Crippen molar-refractivity contribution in [2.24, 2.45) is 11.1 Å². The molecule has 0 aromatic carbocycles. The Labute approximate surface area is 112 Å². The van der Waals surface area contributed by atoms with Gasteiger partial charge in [0.15, 0.2) is 5.13 Å². The Balaban J connectivity index is 1.87. The van der Waals surface area contributed by atoms with Crippen LogP contribution in [0.25, 0.3) is 0 Å². The van der Waals surface area contributed by atoms with Gasteiger partial charge in [-0.1, -0.05) is 25.2 Å². The van der Waals surface area contributed by atoms with Crippen molar-refractivity contribution in [1.82, 2.24) is 4.98 Å². The molecule has 1 aliphatic heterocycles. The molecule has 0 saturated carbocycles. The summed E-state index contributed by atoms with van der Waals surface area (Å²) in [5, 5.41) is 1.14. The molecule has 2 N–H and O–H groups in total. The second kappa shape index (κ2) is 4.47. The van der Waals surface area contributed by atoms with Gasteiger partial charge in [-0.05, 0) is 18.3 Å². The lowest BCUT2D eigenvalue weighted by Crippen LogP contribution is -2.36. The Kier molecular flexibility index (Phi) is 3.08.